The van der Waals surface area contributed by atoms with Crippen molar-refractivity contribution in [1.82, 2.24) is 10.6 Å². The van der Waals surface area contributed by atoms with E-state index in [1.165, 1.54) is 0 Å². The molecule has 1 saturated carbocycles. The van der Waals surface area contributed by atoms with Gasteiger partial charge in [0.05, 0.1) is 12.3 Å². The molecule has 3 N–H and O–H groups in total. The number of carboxylic acids is 1. The molecule has 0 radical (unpaired) electrons. The van der Waals surface area contributed by atoms with Crippen LogP contribution in [0.5, 0.6) is 0 Å². The molecular weight excluding hydrogens is 352 g/mol. The lowest BCUT2D eigenvalue weighted by Gasteiger charge is -2.21. The van der Waals surface area contributed by atoms with Crippen LogP contribution in [0.2, 0.25) is 0 Å². The van der Waals surface area contributed by atoms with Crippen LogP contribution in [0.25, 0.3) is 0 Å². The molecule has 0 bridgehead atoms. The lowest BCUT2D eigenvalue weighted by atomic mass is 10.1. The van der Waals surface area contributed by atoms with Crippen molar-refractivity contribution in [3.63, 3.8) is 0 Å². The monoisotopic (exact) mass is 378 g/mol. The summed E-state index contributed by atoms with van der Waals surface area (Å²) in [7, 11) is 0. The van der Waals surface area contributed by atoms with Crippen LogP contribution < -0.4 is 10.6 Å². The SMILES string of the molecule is CSCCC(NC(=O)Cc1ccccc1)C(=O)N[C@@H]1CC[C@H](C(=O)O)C1. The van der Waals surface area contributed by atoms with Crippen molar-refractivity contribution in [3.05, 3.63) is 35.9 Å². The van der Waals surface area contributed by atoms with Crippen LogP contribution in [0, 0.1) is 5.92 Å². The van der Waals surface area contributed by atoms with Gasteiger partial charge in [-0.3, -0.25) is 14.4 Å². The highest BCUT2D eigenvalue weighted by Gasteiger charge is 2.32. The van der Waals surface area contributed by atoms with Gasteiger partial charge >= 0.3 is 5.97 Å². The van der Waals surface area contributed by atoms with E-state index in [9.17, 15) is 14.4 Å². The zero-order chi connectivity index (χ0) is 18.9. The van der Waals surface area contributed by atoms with Crippen molar-refractivity contribution in [2.24, 2.45) is 5.92 Å². The van der Waals surface area contributed by atoms with E-state index in [4.69, 9.17) is 5.11 Å². The highest BCUT2D eigenvalue weighted by atomic mass is 32.2. The lowest BCUT2D eigenvalue weighted by Crippen LogP contribution is -2.49. The summed E-state index contributed by atoms with van der Waals surface area (Å²) < 4.78 is 0. The molecule has 1 aromatic rings. The summed E-state index contributed by atoms with van der Waals surface area (Å²) in [4.78, 5) is 35.9. The molecule has 1 aliphatic carbocycles. The third-order valence-corrected chi connectivity index (χ3v) is 5.24. The minimum atomic E-state index is -0.808. The van der Waals surface area contributed by atoms with Gasteiger partial charge in [-0.05, 0) is 43.3 Å². The summed E-state index contributed by atoms with van der Waals surface area (Å²) in [5, 5.41) is 14.8. The summed E-state index contributed by atoms with van der Waals surface area (Å²) in [6.45, 7) is 0. The van der Waals surface area contributed by atoms with E-state index in [1.807, 2.05) is 36.6 Å². The molecule has 0 aromatic heterocycles. The molecule has 2 rings (SSSR count). The van der Waals surface area contributed by atoms with Crippen LogP contribution >= 0.6 is 11.8 Å². The molecule has 0 spiro atoms. The minimum Gasteiger partial charge on any atom is -0.481 e. The third kappa shape index (κ3) is 6.37. The molecule has 0 aliphatic heterocycles. The number of hydrogen-bond donors (Lipinski definition) is 3. The summed E-state index contributed by atoms with van der Waals surface area (Å²) in [5.41, 5.74) is 0.897. The van der Waals surface area contributed by atoms with Gasteiger partial charge in [0.15, 0.2) is 0 Å². The number of nitrogens with one attached hydrogen (secondary N) is 2. The van der Waals surface area contributed by atoms with Crippen molar-refractivity contribution in [2.45, 2.75) is 44.2 Å². The van der Waals surface area contributed by atoms with Gasteiger partial charge < -0.3 is 15.7 Å². The Hall–Kier alpha value is -2.02. The van der Waals surface area contributed by atoms with Gasteiger partial charge in [0.1, 0.15) is 6.04 Å². The highest BCUT2D eigenvalue weighted by molar-refractivity contribution is 7.98. The van der Waals surface area contributed by atoms with Gasteiger partial charge in [-0.1, -0.05) is 30.3 Å². The molecular formula is C19H26N2O4S. The second-order valence-corrected chi connectivity index (χ2v) is 7.60. The first-order valence-electron chi connectivity index (χ1n) is 8.85. The van der Waals surface area contributed by atoms with Gasteiger partial charge in [-0.25, -0.2) is 0 Å². The van der Waals surface area contributed by atoms with E-state index in [1.54, 1.807) is 11.8 Å². The highest BCUT2D eigenvalue weighted by Crippen LogP contribution is 2.25. The Morgan fingerprint density at radius 3 is 2.58 bits per heavy atom. The Morgan fingerprint density at radius 2 is 1.96 bits per heavy atom. The van der Waals surface area contributed by atoms with Crippen LogP contribution in [0.4, 0.5) is 0 Å². The molecule has 1 aromatic carbocycles. The topological polar surface area (TPSA) is 95.5 Å². The van der Waals surface area contributed by atoms with Crippen molar-refractivity contribution in [3.8, 4) is 0 Å². The van der Waals surface area contributed by atoms with Crippen LogP contribution in [0.1, 0.15) is 31.2 Å². The predicted octanol–water partition coefficient (Wildman–Crippen LogP) is 1.84. The largest absolute Gasteiger partial charge is 0.481 e. The number of rotatable bonds is 9. The van der Waals surface area contributed by atoms with Crippen LogP contribution in [-0.4, -0.2) is 47.0 Å². The van der Waals surface area contributed by atoms with Crippen LogP contribution in [0.15, 0.2) is 30.3 Å². The quantitative estimate of drug-likeness (QED) is 0.609. The second kappa shape index (κ2) is 10.2. The van der Waals surface area contributed by atoms with E-state index in [2.05, 4.69) is 10.6 Å². The Bertz CT molecular complexity index is 623. The summed E-state index contributed by atoms with van der Waals surface area (Å²) in [5.74, 6) is -0.857. The smallest absolute Gasteiger partial charge is 0.306 e. The van der Waals surface area contributed by atoms with Crippen LogP contribution in [0.3, 0.4) is 0 Å². The van der Waals surface area contributed by atoms with Gasteiger partial charge in [-0.2, -0.15) is 11.8 Å². The number of benzene rings is 1. The maximum atomic E-state index is 12.6. The van der Waals surface area contributed by atoms with Gasteiger partial charge in [0, 0.05) is 6.04 Å². The maximum absolute atomic E-state index is 12.6. The molecule has 2 amide bonds. The molecule has 1 fully saturated rings. The molecule has 142 valence electrons. The zero-order valence-corrected chi connectivity index (χ0v) is 15.8. The number of carbonyl (C=O) groups is 3. The summed E-state index contributed by atoms with van der Waals surface area (Å²) in [6.07, 6.45) is 4.42. The first-order chi connectivity index (χ1) is 12.5. The fraction of sp³-hybridized carbons (Fsp3) is 0.526. The number of hydrogen-bond acceptors (Lipinski definition) is 4. The molecule has 1 unspecified atom stereocenters. The molecule has 6 nitrogen and oxygen atoms in total. The van der Waals surface area contributed by atoms with E-state index in [-0.39, 0.29) is 24.3 Å². The minimum absolute atomic E-state index is 0.133. The number of carboxylic acid groups (broad SMARTS) is 1. The van der Waals surface area contributed by atoms with E-state index in [0.717, 1.165) is 11.3 Å². The molecule has 26 heavy (non-hydrogen) atoms. The first kappa shape index (κ1) is 20.3. The first-order valence-corrected chi connectivity index (χ1v) is 10.2. The fourth-order valence-corrected chi connectivity index (χ4v) is 3.64. The standard InChI is InChI=1S/C19H26N2O4S/c1-26-10-9-16(21-17(22)11-13-5-3-2-4-6-13)18(23)20-15-8-7-14(12-15)19(24)25/h2-6,14-16H,7-12H2,1H3,(H,20,23)(H,21,22)(H,24,25)/t14-,15+,16?/m0/s1. The number of carbonyl (C=O) groups excluding carboxylic acids is 2. The average molecular weight is 378 g/mol. The fourth-order valence-electron chi connectivity index (χ4n) is 3.17. The van der Waals surface area contributed by atoms with Gasteiger partial charge in [0.25, 0.3) is 0 Å². The normalized spacial score (nSPS) is 20.3. The number of aliphatic carboxylic acids is 1. The van der Waals surface area contributed by atoms with Crippen molar-refractivity contribution < 1.29 is 19.5 Å². The Kier molecular flexibility index (Phi) is 7.97. The average Bonchev–Trinajstić information content (AvgIpc) is 3.08. The van der Waals surface area contributed by atoms with E-state index in [0.29, 0.717) is 25.7 Å². The van der Waals surface area contributed by atoms with E-state index >= 15 is 0 Å². The Labute approximate surface area is 158 Å². The molecule has 7 heteroatoms. The summed E-state index contributed by atoms with van der Waals surface area (Å²) in [6, 6.07) is 8.66. The third-order valence-electron chi connectivity index (χ3n) is 4.60. The second-order valence-electron chi connectivity index (χ2n) is 6.62. The maximum Gasteiger partial charge on any atom is 0.306 e. The predicted molar refractivity (Wildman–Crippen MR) is 102 cm³/mol. The number of thioether (sulfide) groups is 1. The lowest BCUT2D eigenvalue weighted by molar-refractivity contribution is -0.141. The zero-order valence-electron chi connectivity index (χ0n) is 14.9. The molecule has 0 heterocycles. The van der Waals surface area contributed by atoms with Gasteiger partial charge in [-0.15, -0.1) is 0 Å². The van der Waals surface area contributed by atoms with Crippen molar-refractivity contribution in [2.75, 3.05) is 12.0 Å². The Morgan fingerprint density at radius 1 is 1.23 bits per heavy atom. The van der Waals surface area contributed by atoms with Gasteiger partial charge in [0.2, 0.25) is 11.8 Å². The summed E-state index contributed by atoms with van der Waals surface area (Å²) >= 11 is 1.62. The van der Waals surface area contributed by atoms with Crippen molar-refractivity contribution >= 4 is 29.5 Å². The molecule has 0 saturated heterocycles. The molecule has 3 atom stereocenters. The van der Waals surface area contributed by atoms with Crippen LogP contribution in [-0.2, 0) is 20.8 Å². The number of amides is 2. The van der Waals surface area contributed by atoms with E-state index < -0.39 is 17.9 Å². The molecule has 1 aliphatic rings. The van der Waals surface area contributed by atoms with Crippen molar-refractivity contribution in [1.29, 1.82) is 0 Å². The Balaban J connectivity index is 1.89.